The van der Waals surface area contributed by atoms with Crippen molar-refractivity contribution in [2.75, 3.05) is 0 Å². The van der Waals surface area contributed by atoms with Crippen LogP contribution >= 0.6 is 0 Å². The number of hydrogen-bond donors (Lipinski definition) is 0. The van der Waals surface area contributed by atoms with Crippen LogP contribution in [-0.2, 0) is 4.43 Å². The molecule has 0 unspecified atom stereocenters. The molecule has 1 saturated carbocycles. The molecule has 0 aromatic rings. The van der Waals surface area contributed by atoms with Crippen molar-refractivity contribution in [2.24, 2.45) is 5.92 Å². The third-order valence-corrected chi connectivity index (χ3v) is 9.43. The summed E-state index contributed by atoms with van der Waals surface area (Å²) in [4.78, 5) is 0. The molecule has 2 heteroatoms. The van der Waals surface area contributed by atoms with Crippen molar-refractivity contribution < 1.29 is 4.43 Å². The molecular weight excluding hydrogens is 260 g/mol. The minimum Gasteiger partial charge on any atom is -0.400 e. The third-order valence-electron chi connectivity index (χ3n) is 4.94. The topological polar surface area (TPSA) is 9.23 Å². The molecule has 20 heavy (non-hydrogen) atoms. The second-order valence-electron chi connectivity index (χ2n) is 7.97. The Labute approximate surface area is 128 Å². The van der Waals surface area contributed by atoms with Gasteiger partial charge in [0.1, 0.15) is 5.60 Å². The first kappa shape index (κ1) is 17.8. The van der Waals surface area contributed by atoms with Gasteiger partial charge in [-0.05, 0) is 36.9 Å². The van der Waals surface area contributed by atoms with Crippen LogP contribution < -0.4 is 0 Å². The Morgan fingerprint density at radius 2 is 1.80 bits per heavy atom. The largest absolute Gasteiger partial charge is 0.400 e. The van der Waals surface area contributed by atoms with Gasteiger partial charge in [-0.15, -0.1) is 5.92 Å². The maximum absolute atomic E-state index is 6.61. The molecule has 0 heterocycles. The van der Waals surface area contributed by atoms with Crippen LogP contribution in [0.4, 0.5) is 0 Å². The molecule has 1 nitrogen and oxygen atoms in total. The zero-order valence-corrected chi connectivity index (χ0v) is 15.7. The molecule has 0 spiro atoms. The van der Waals surface area contributed by atoms with Crippen LogP contribution in [0.3, 0.4) is 0 Å². The second-order valence-corrected chi connectivity index (χ2v) is 12.7. The van der Waals surface area contributed by atoms with Crippen molar-refractivity contribution in [3.63, 3.8) is 0 Å². The summed E-state index contributed by atoms with van der Waals surface area (Å²) >= 11 is 0. The van der Waals surface area contributed by atoms with Gasteiger partial charge in [-0.25, -0.2) is 0 Å². The smallest absolute Gasteiger partial charge is 0.194 e. The first-order chi connectivity index (χ1) is 9.15. The lowest BCUT2D eigenvalue weighted by Crippen LogP contribution is -2.45. The number of unbranched alkanes of at least 4 members (excludes halogenated alkanes) is 4. The maximum Gasteiger partial charge on any atom is 0.194 e. The zero-order chi connectivity index (χ0) is 15.4. The average Bonchev–Trinajstić information content (AvgIpc) is 2.91. The molecule has 1 aliphatic rings. The Morgan fingerprint density at radius 3 is 2.25 bits per heavy atom. The summed E-state index contributed by atoms with van der Waals surface area (Å²) in [6.07, 6.45) is 7.35. The number of rotatable bonds is 6. The van der Waals surface area contributed by atoms with E-state index in [-0.39, 0.29) is 10.6 Å². The third kappa shape index (κ3) is 4.64. The highest BCUT2D eigenvalue weighted by molar-refractivity contribution is 6.74. The number of hydrogen-bond acceptors (Lipinski definition) is 1. The maximum atomic E-state index is 6.61. The van der Waals surface area contributed by atoms with Crippen LogP contribution in [0, 0.1) is 17.8 Å². The Morgan fingerprint density at radius 1 is 1.20 bits per heavy atom. The fourth-order valence-corrected chi connectivity index (χ4v) is 3.75. The SMILES string of the molecule is CCCCCCC#C[C@@]1(O[Si](C)(C)C(C)(C)C)C[C@@H]1C. The predicted octanol–water partition coefficient (Wildman–Crippen LogP) is 5.76. The van der Waals surface area contributed by atoms with E-state index in [4.69, 9.17) is 4.43 Å². The highest BCUT2D eigenvalue weighted by Gasteiger charge is 2.56. The summed E-state index contributed by atoms with van der Waals surface area (Å²) in [6, 6.07) is 0. The summed E-state index contributed by atoms with van der Waals surface area (Å²) in [5.41, 5.74) is -0.103. The quantitative estimate of drug-likeness (QED) is 0.344. The Kier molecular flexibility index (Phi) is 5.93. The molecule has 0 aliphatic heterocycles. The molecule has 1 fully saturated rings. The van der Waals surface area contributed by atoms with E-state index in [9.17, 15) is 0 Å². The summed E-state index contributed by atoms with van der Waals surface area (Å²) in [5.74, 6) is 7.50. The first-order valence-corrected chi connectivity index (χ1v) is 11.3. The molecule has 1 rings (SSSR count). The standard InChI is InChI=1S/C18H34OSi/c1-8-9-10-11-12-13-14-18(15-16(18)2)19-20(6,7)17(3,4)5/h16H,8-12,15H2,1-7H3/t16-,18+/m0/s1. The molecule has 1 aliphatic carbocycles. The van der Waals surface area contributed by atoms with E-state index in [1.54, 1.807) is 0 Å². The Bertz CT molecular complexity index is 369. The average molecular weight is 295 g/mol. The molecule has 0 radical (unpaired) electrons. The van der Waals surface area contributed by atoms with Crippen LogP contribution in [0.25, 0.3) is 0 Å². The normalized spacial score (nSPS) is 26.1. The molecule has 0 aromatic carbocycles. The summed E-state index contributed by atoms with van der Waals surface area (Å²) in [6.45, 7) is 16.1. The van der Waals surface area contributed by atoms with Gasteiger partial charge in [0.25, 0.3) is 0 Å². The lowest BCUT2D eigenvalue weighted by Gasteiger charge is -2.38. The summed E-state index contributed by atoms with van der Waals surface area (Å²) in [7, 11) is -1.70. The van der Waals surface area contributed by atoms with Gasteiger partial charge in [-0.3, -0.25) is 0 Å². The van der Waals surface area contributed by atoms with E-state index in [1.165, 1.54) is 25.7 Å². The molecular formula is C18H34OSi. The molecule has 0 aromatic heterocycles. The summed E-state index contributed by atoms with van der Waals surface area (Å²) in [5, 5.41) is 0.269. The van der Waals surface area contributed by atoms with E-state index >= 15 is 0 Å². The fourth-order valence-electron chi connectivity index (χ4n) is 2.20. The molecule has 0 amide bonds. The fraction of sp³-hybridized carbons (Fsp3) is 0.889. The van der Waals surface area contributed by atoms with E-state index in [0.29, 0.717) is 5.92 Å². The van der Waals surface area contributed by atoms with Gasteiger partial charge in [0.2, 0.25) is 0 Å². The lowest BCUT2D eigenvalue weighted by molar-refractivity contribution is 0.200. The monoisotopic (exact) mass is 294 g/mol. The second kappa shape index (κ2) is 6.67. The van der Waals surface area contributed by atoms with Crippen molar-refractivity contribution in [1.82, 2.24) is 0 Å². The first-order valence-electron chi connectivity index (χ1n) is 8.35. The van der Waals surface area contributed by atoms with Gasteiger partial charge < -0.3 is 4.43 Å². The van der Waals surface area contributed by atoms with Crippen LogP contribution in [0.2, 0.25) is 18.1 Å². The van der Waals surface area contributed by atoms with Gasteiger partial charge in [0.15, 0.2) is 8.32 Å². The van der Waals surface area contributed by atoms with Crippen LogP contribution in [-0.4, -0.2) is 13.9 Å². The van der Waals surface area contributed by atoms with Gasteiger partial charge in [0, 0.05) is 6.42 Å². The zero-order valence-electron chi connectivity index (χ0n) is 14.7. The Balaban J connectivity index is 2.55. The van der Waals surface area contributed by atoms with Gasteiger partial charge >= 0.3 is 0 Å². The molecule has 0 N–H and O–H groups in total. The highest BCUT2D eigenvalue weighted by Crippen LogP contribution is 2.51. The molecule has 0 bridgehead atoms. The van der Waals surface area contributed by atoms with Gasteiger partial charge in [0.05, 0.1) is 0 Å². The molecule has 116 valence electrons. The highest BCUT2D eigenvalue weighted by atomic mass is 28.4. The predicted molar refractivity (Wildman–Crippen MR) is 91.3 cm³/mol. The van der Waals surface area contributed by atoms with Gasteiger partial charge in [-0.1, -0.05) is 59.8 Å². The Hall–Kier alpha value is -0.263. The van der Waals surface area contributed by atoms with E-state index in [2.05, 4.69) is 59.6 Å². The van der Waals surface area contributed by atoms with Crippen LogP contribution in [0.1, 0.15) is 73.1 Å². The van der Waals surface area contributed by atoms with Gasteiger partial charge in [-0.2, -0.15) is 0 Å². The lowest BCUT2D eigenvalue weighted by atomic mass is 10.1. The van der Waals surface area contributed by atoms with Crippen molar-refractivity contribution in [1.29, 1.82) is 0 Å². The van der Waals surface area contributed by atoms with E-state index in [0.717, 1.165) is 12.8 Å². The van der Waals surface area contributed by atoms with Crippen LogP contribution in [0.5, 0.6) is 0 Å². The van der Waals surface area contributed by atoms with Crippen molar-refractivity contribution in [3.8, 4) is 11.8 Å². The van der Waals surface area contributed by atoms with Crippen molar-refractivity contribution in [3.05, 3.63) is 0 Å². The molecule has 2 atom stereocenters. The van der Waals surface area contributed by atoms with E-state index in [1.807, 2.05) is 0 Å². The minimum absolute atomic E-state index is 0.103. The van der Waals surface area contributed by atoms with Crippen molar-refractivity contribution >= 4 is 8.32 Å². The summed E-state index contributed by atoms with van der Waals surface area (Å²) < 4.78 is 6.61. The molecule has 0 saturated heterocycles. The minimum atomic E-state index is -1.70. The van der Waals surface area contributed by atoms with Crippen molar-refractivity contribution in [2.45, 2.75) is 96.9 Å². The van der Waals surface area contributed by atoms with Crippen LogP contribution in [0.15, 0.2) is 0 Å². The van der Waals surface area contributed by atoms with E-state index < -0.39 is 8.32 Å².